The molecular weight excluding hydrogens is 394 g/mol. The molecule has 0 aliphatic carbocycles. The maximum absolute atomic E-state index is 13.1. The number of hydrogen-bond donors (Lipinski definition) is 0. The number of carbonyl (C=O) groups excluding carboxylic acids is 3. The lowest BCUT2D eigenvalue weighted by molar-refractivity contribution is -0.145. The molecule has 156 valence electrons. The maximum Gasteiger partial charge on any atom is 0.341 e. The van der Waals surface area contributed by atoms with Crippen LogP contribution in [0.2, 0.25) is 0 Å². The first-order valence-corrected chi connectivity index (χ1v) is 10.1. The van der Waals surface area contributed by atoms with E-state index in [0.29, 0.717) is 29.2 Å². The molecule has 0 radical (unpaired) electrons. The van der Waals surface area contributed by atoms with E-state index in [9.17, 15) is 14.4 Å². The Hall–Kier alpha value is -2.74. The van der Waals surface area contributed by atoms with Crippen molar-refractivity contribution < 1.29 is 28.3 Å². The lowest BCUT2D eigenvalue weighted by atomic mass is 10.1. The highest BCUT2D eigenvalue weighted by Gasteiger charge is 2.23. The van der Waals surface area contributed by atoms with Crippen LogP contribution in [0.5, 0.6) is 0 Å². The third kappa shape index (κ3) is 5.63. The van der Waals surface area contributed by atoms with Gasteiger partial charge in [0.15, 0.2) is 0 Å². The average Bonchev–Trinajstić information content (AvgIpc) is 3.23. The number of methoxy groups -OCH3 is 2. The molecule has 1 heterocycles. The number of benzene rings is 1. The van der Waals surface area contributed by atoms with E-state index in [4.69, 9.17) is 13.9 Å². The van der Waals surface area contributed by atoms with Gasteiger partial charge in [-0.1, -0.05) is 19.1 Å². The largest absolute Gasteiger partial charge is 0.469 e. The van der Waals surface area contributed by atoms with Crippen LogP contribution in [0, 0.1) is 5.92 Å². The van der Waals surface area contributed by atoms with Gasteiger partial charge >= 0.3 is 11.9 Å². The van der Waals surface area contributed by atoms with Crippen molar-refractivity contribution in [3.8, 4) is 0 Å². The Labute approximate surface area is 174 Å². The molecule has 1 atom stereocenters. The first-order valence-electron chi connectivity index (χ1n) is 9.16. The standard InChI is InChI=1S/C21H25NO6S/c1-5-22(12-14(2)20(24)26-3)19(23)16-8-6-7-9-18(16)29-13-17-15(10-11-28-17)21(25)27-4/h6-11,14H,5,12-13H2,1-4H3. The Morgan fingerprint density at radius 3 is 2.48 bits per heavy atom. The highest BCUT2D eigenvalue weighted by atomic mass is 32.2. The lowest BCUT2D eigenvalue weighted by Crippen LogP contribution is -2.37. The predicted molar refractivity (Wildman–Crippen MR) is 109 cm³/mol. The molecule has 29 heavy (non-hydrogen) atoms. The third-order valence-corrected chi connectivity index (χ3v) is 5.47. The number of hydrogen-bond acceptors (Lipinski definition) is 7. The Morgan fingerprint density at radius 1 is 1.10 bits per heavy atom. The van der Waals surface area contributed by atoms with Gasteiger partial charge in [-0.25, -0.2) is 4.79 Å². The zero-order valence-electron chi connectivity index (χ0n) is 17.0. The van der Waals surface area contributed by atoms with Crippen LogP contribution in [0.4, 0.5) is 0 Å². The van der Waals surface area contributed by atoms with Crippen LogP contribution in [0.15, 0.2) is 45.9 Å². The van der Waals surface area contributed by atoms with Gasteiger partial charge in [0.2, 0.25) is 0 Å². The molecule has 0 aliphatic heterocycles. The van der Waals surface area contributed by atoms with E-state index >= 15 is 0 Å². The van der Waals surface area contributed by atoms with Crippen molar-refractivity contribution in [2.75, 3.05) is 27.3 Å². The molecule has 1 aromatic heterocycles. The van der Waals surface area contributed by atoms with Crippen molar-refractivity contribution in [1.29, 1.82) is 0 Å². The summed E-state index contributed by atoms with van der Waals surface area (Å²) in [6.07, 6.45) is 1.44. The van der Waals surface area contributed by atoms with Crippen LogP contribution in [0.1, 0.15) is 40.3 Å². The molecule has 1 unspecified atom stereocenters. The molecule has 1 aromatic carbocycles. The molecule has 0 bridgehead atoms. The van der Waals surface area contributed by atoms with Crippen molar-refractivity contribution in [3.05, 3.63) is 53.5 Å². The van der Waals surface area contributed by atoms with Crippen LogP contribution in [0.25, 0.3) is 0 Å². The van der Waals surface area contributed by atoms with Crippen molar-refractivity contribution in [2.45, 2.75) is 24.5 Å². The molecule has 2 aromatic rings. The second kappa shape index (κ2) is 10.7. The number of rotatable bonds is 9. The van der Waals surface area contributed by atoms with Crippen LogP contribution < -0.4 is 0 Å². The summed E-state index contributed by atoms with van der Waals surface area (Å²) in [5.74, 6) is -0.559. The molecule has 8 heteroatoms. The van der Waals surface area contributed by atoms with E-state index in [0.717, 1.165) is 4.90 Å². The van der Waals surface area contributed by atoms with Gasteiger partial charge in [-0.05, 0) is 25.1 Å². The Morgan fingerprint density at radius 2 is 1.83 bits per heavy atom. The molecule has 1 amide bonds. The highest BCUT2D eigenvalue weighted by Crippen LogP contribution is 2.29. The van der Waals surface area contributed by atoms with E-state index in [2.05, 4.69) is 0 Å². The molecule has 0 fully saturated rings. The van der Waals surface area contributed by atoms with Crippen molar-refractivity contribution in [3.63, 3.8) is 0 Å². The fourth-order valence-electron chi connectivity index (χ4n) is 2.79. The first kappa shape index (κ1) is 22.5. The van der Waals surface area contributed by atoms with Crippen molar-refractivity contribution >= 4 is 29.6 Å². The smallest absolute Gasteiger partial charge is 0.341 e. The highest BCUT2D eigenvalue weighted by molar-refractivity contribution is 7.98. The second-order valence-electron chi connectivity index (χ2n) is 6.30. The minimum absolute atomic E-state index is 0.168. The van der Waals surface area contributed by atoms with Gasteiger partial charge in [0.25, 0.3) is 5.91 Å². The zero-order chi connectivity index (χ0) is 21.4. The summed E-state index contributed by atoms with van der Waals surface area (Å²) in [5.41, 5.74) is 0.897. The number of carbonyl (C=O) groups is 3. The molecule has 2 rings (SSSR count). The number of thioether (sulfide) groups is 1. The van der Waals surface area contributed by atoms with Gasteiger partial charge in [0.05, 0.1) is 37.7 Å². The van der Waals surface area contributed by atoms with E-state index in [-0.39, 0.29) is 18.4 Å². The number of amides is 1. The van der Waals surface area contributed by atoms with E-state index in [1.54, 1.807) is 30.0 Å². The molecule has 7 nitrogen and oxygen atoms in total. The lowest BCUT2D eigenvalue weighted by Gasteiger charge is -2.24. The van der Waals surface area contributed by atoms with Gasteiger partial charge in [0, 0.05) is 18.0 Å². The van der Waals surface area contributed by atoms with Gasteiger partial charge in [0.1, 0.15) is 11.3 Å². The summed E-state index contributed by atoms with van der Waals surface area (Å²) in [6, 6.07) is 8.79. The second-order valence-corrected chi connectivity index (χ2v) is 7.32. The van der Waals surface area contributed by atoms with E-state index < -0.39 is 11.9 Å². The predicted octanol–water partition coefficient (Wildman–Crippen LogP) is 3.63. The van der Waals surface area contributed by atoms with Crippen LogP contribution in [0.3, 0.4) is 0 Å². The summed E-state index contributed by atoms with van der Waals surface area (Å²) < 4.78 is 14.9. The maximum atomic E-state index is 13.1. The van der Waals surface area contributed by atoms with Gasteiger partial charge in [-0.3, -0.25) is 9.59 Å². The summed E-state index contributed by atoms with van der Waals surface area (Å²) in [7, 11) is 2.65. The van der Waals surface area contributed by atoms with Gasteiger partial charge in [-0.15, -0.1) is 11.8 Å². The average molecular weight is 419 g/mol. The molecular formula is C21H25NO6S. The van der Waals surface area contributed by atoms with Gasteiger partial charge in [-0.2, -0.15) is 0 Å². The summed E-state index contributed by atoms with van der Waals surface area (Å²) in [4.78, 5) is 39.0. The van der Waals surface area contributed by atoms with Crippen molar-refractivity contribution in [2.24, 2.45) is 5.92 Å². The number of nitrogens with zero attached hydrogens (tertiary/aromatic N) is 1. The molecule has 0 saturated carbocycles. The van der Waals surface area contributed by atoms with Gasteiger partial charge < -0.3 is 18.8 Å². The quantitative estimate of drug-likeness (QED) is 0.453. The molecule has 0 aliphatic rings. The Bertz CT molecular complexity index is 862. The summed E-state index contributed by atoms with van der Waals surface area (Å²) in [6.45, 7) is 4.33. The Balaban J connectivity index is 2.17. The fourth-order valence-corrected chi connectivity index (χ4v) is 3.78. The fraction of sp³-hybridized carbons (Fsp3) is 0.381. The molecule has 0 saturated heterocycles. The number of ether oxygens (including phenoxy) is 2. The monoisotopic (exact) mass is 419 g/mol. The van der Waals surface area contributed by atoms with Crippen LogP contribution in [-0.2, 0) is 20.0 Å². The summed E-state index contributed by atoms with van der Waals surface area (Å²) in [5, 5.41) is 0. The normalized spacial score (nSPS) is 11.6. The number of furan rings is 1. The van der Waals surface area contributed by atoms with E-state index in [1.807, 2.05) is 19.1 Å². The molecule has 0 spiro atoms. The minimum Gasteiger partial charge on any atom is -0.469 e. The summed E-state index contributed by atoms with van der Waals surface area (Å²) >= 11 is 1.39. The zero-order valence-corrected chi connectivity index (χ0v) is 17.8. The van der Waals surface area contributed by atoms with E-state index in [1.165, 1.54) is 32.2 Å². The first-order chi connectivity index (χ1) is 13.9. The minimum atomic E-state index is -0.465. The number of esters is 2. The Kier molecular flexibility index (Phi) is 8.33. The topological polar surface area (TPSA) is 86.0 Å². The molecule has 0 N–H and O–H groups in total. The van der Waals surface area contributed by atoms with Crippen molar-refractivity contribution in [1.82, 2.24) is 4.90 Å². The van der Waals surface area contributed by atoms with Crippen LogP contribution in [-0.4, -0.2) is 50.1 Å². The van der Waals surface area contributed by atoms with Crippen LogP contribution >= 0.6 is 11.8 Å². The third-order valence-electron chi connectivity index (χ3n) is 4.39. The SMILES string of the molecule is CCN(CC(C)C(=O)OC)C(=O)c1ccccc1SCc1occc1C(=O)OC.